The summed E-state index contributed by atoms with van der Waals surface area (Å²) in [6.07, 6.45) is 0. The van der Waals surface area contributed by atoms with Crippen LogP contribution in [0.3, 0.4) is 0 Å². The van der Waals surface area contributed by atoms with E-state index in [1.165, 1.54) is 0 Å². The summed E-state index contributed by atoms with van der Waals surface area (Å²) in [5.41, 5.74) is 6.89. The lowest BCUT2D eigenvalue weighted by molar-refractivity contribution is -0.145. The molecule has 0 fully saturated rings. The molecule has 10 nitrogen and oxygen atoms in total. The Morgan fingerprint density at radius 2 is 1.70 bits per heavy atom. The molecule has 0 aliphatic rings. The normalized spacial score (nSPS) is 11.3. The van der Waals surface area contributed by atoms with Crippen molar-refractivity contribution in [1.82, 2.24) is 17.9 Å². The number of carbonyl (C=O) groups is 2. The third-order valence-electron chi connectivity index (χ3n) is 7.33. The Labute approximate surface area is 251 Å². The Kier molecular flexibility index (Phi) is 7.73. The van der Waals surface area contributed by atoms with Crippen LogP contribution in [-0.4, -0.2) is 56.8 Å². The molecule has 6 aromatic rings. The van der Waals surface area contributed by atoms with Crippen LogP contribution in [-0.2, 0) is 27.9 Å². The fraction of sp³-hybridized carbons (Fsp3) is 0.250. The highest BCUT2D eigenvalue weighted by atomic mass is 32.1. The molecule has 3 heterocycles. The molecule has 0 amide bonds. The van der Waals surface area contributed by atoms with Gasteiger partial charge >= 0.3 is 11.9 Å². The van der Waals surface area contributed by atoms with Crippen molar-refractivity contribution in [3.63, 3.8) is 0 Å². The van der Waals surface area contributed by atoms with E-state index in [0.29, 0.717) is 34.9 Å². The molecular weight excluding hydrogens is 568 g/mol. The van der Waals surface area contributed by atoms with Gasteiger partial charge in [0.05, 0.1) is 48.6 Å². The van der Waals surface area contributed by atoms with E-state index >= 15 is 0 Å². The lowest BCUT2D eigenvalue weighted by Gasteiger charge is -2.16. The first-order chi connectivity index (χ1) is 20.9. The molecule has 0 saturated carbocycles. The number of carbonyl (C=O) groups excluding carboxylic acids is 2. The number of fused-ring (bicyclic) bond motifs is 4. The molecule has 0 aliphatic carbocycles. The van der Waals surface area contributed by atoms with Gasteiger partial charge in [0.25, 0.3) is 0 Å². The molecule has 0 saturated heterocycles. The Morgan fingerprint density at radius 3 is 2.49 bits per heavy atom. The summed E-state index contributed by atoms with van der Waals surface area (Å²) in [6.45, 7) is 4.03. The number of ether oxygens (including phenoxy) is 4. The van der Waals surface area contributed by atoms with Gasteiger partial charge in [-0.25, -0.2) is 9.59 Å². The summed E-state index contributed by atoms with van der Waals surface area (Å²) in [5.74, 6) is -0.0575. The number of aryl methyl sites for hydroxylation is 1. The van der Waals surface area contributed by atoms with Crippen LogP contribution < -0.4 is 9.47 Å². The van der Waals surface area contributed by atoms with Crippen molar-refractivity contribution in [2.45, 2.75) is 20.4 Å². The monoisotopic (exact) mass is 598 g/mol. The van der Waals surface area contributed by atoms with Crippen molar-refractivity contribution < 1.29 is 28.5 Å². The summed E-state index contributed by atoms with van der Waals surface area (Å²) >= 11 is 1.16. The Bertz CT molecular complexity index is 1990. The number of para-hydroxylation sites is 1. The molecule has 43 heavy (non-hydrogen) atoms. The molecule has 0 radical (unpaired) electrons. The zero-order chi connectivity index (χ0) is 30.1. The van der Waals surface area contributed by atoms with Gasteiger partial charge in [-0.2, -0.15) is 8.75 Å². The van der Waals surface area contributed by atoms with Crippen molar-refractivity contribution in [3.05, 3.63) is 71.9 Å². The van der Waals surface area contributed by atoms with Gasteiger partial charge in [-0.05, 0) is 49.7 Å². The first kappa shape index (κ1) is 28.2. The first-order valence-electron chi connectivity index (χ1n) is 13.9. The van der Waals surface area contributed by atoms with E-state index in [-0.39, 0.29) is 19.8 Å². The highest BCUT2D eigenvalue weighted by Crippen LogP contribution is 2.45. The van der Waals surface area contributed by atoms with E-state index in [9.17, 15) is 9.59 Å². The quantitative estimate of drug-likeness (QED) is 0.177. The number of aromatic nitrogens is 4. The standard InChI is InChI=1S/C32H30N4O6S/c1-5-40-27(37)18-42-26-16-20(39-4)12-13-22(26)28-30-29(21-9-7-8-10-25(21)35(30)3)36(31(28)32(38)41-6-2)17-19-11-14-23-24(15-19)34-43-33-23/h7-16H,5-6,17-18H2,1-4H3. The molecule has 220 valence electrons. The van der Waals surface area contributed by atoms with Gasteiger partial charge in [0.2, 0.25) is 0 Å². The Balaban J connectivity index is 1.65. The van der Waals surface area contributed by atoms with Crippen LogP contribution in [0.4, 0.5) is 0 Å². The molecule has 0 bridgehead atoms. The molecule has 11 heteroatoms. The van der Waals surface area contributed by atoms with Crippen LogP contribution in [0.1, 0.15) is 29.9 Å². The average molecular weight is 599 g/mol. The van der Waals surface area contributed by atoms with Crippen LogP contribution in [0.2, 0.25) is 0 Å². The topological polar surface area (TPSA) is 107 Å². The smallest absolute Gasteiger partial charge is 0.355 e. The van der Waals surface area contributed by atoms with Gasteiger partial charge in [0.15, 0.2) is 6.61 Å². The second kappa shape index (κ2) is 11.8. The zero-order valence-electron chi connectivity index (χ0n) is 24.2. The third-order valence-corrected chi connectivity index (χ3v) is 7.89. The maximum atomic E-state index is 13.9. The van der Waals surface area contributed by atoms with E-state index in [1.807, 2.05) is 60.1 Å². The van der Waals surface area contributed by atoms with Gasteiger partial charge in [0, 0.05) is 36.2 Å². The van der Waals surface area contributed by atoms with Crippen molar-refractivity contribution in [2.24, 2.45) is 7.05 Å². The van der Waals surface area contributed by atoms with Crippen LogP contribution >= 0.6 is 11.7 Å². The SMILES string of the molecule is CCOC(=O)COc1cc(OC)ccc1-c1c(C(=O)OCC)n(Cc2ccc3nsnc3c2)c2c3ccccc3n(C)c12. The van der Waals surface area contributed by atoms with Gasteiger partial charge in [0.1, 0.15) is 28.2 Å². The molecule has 0 atom stereocenters. The highest BCUT2D eigenvalue weighted by molar-refractivity contribution is 7.00. The molecule has 6 rings (SSSR count). The number of nitrogens with zero attached hydrogens (tertiary/aromatic N) is 4. The fourth-order valence-electron chi connectivity index (χ4n) is 5.52. The van der Waals surface area contributed by atoms with Gasteiger partial charge in [-0.15, -0.1) is 0 Å². The molecule has 0 aliphatic heterocycles. The van der Waals surface area contributed by atoms with Crippen molar-refractivity contribution >= 4 is 56.6 Å². The summed E-state index contributed by atoms with van der Waals surface area (Å²) in [5, 5.41) is 0.982. The lowest BCUT2D eigenvalue weighted by Crippen LogP contribution is -2.16. The predicted octanol–water partition coefficient (Wildman–Crippen LogP) is 5.98. The second-order valence-corrected chi connectivity index (χ2v) is 10.4. The number of hydrogen-bond donors (Lipinski definition) is 0. The van der Waals surface area contributed by atoms with Crippen LogP contribution in [0.5, 0.6) is 11.5 Å². The minimum atomic E-state index is -0.499. The molecule has 0 spiro atoms. The largest absolute Gasteiger partial charge is 0.497 e. The lowest BCUT2D eigenvalue weighted by atomic mass is 10.0. The Hall–Kier alpha value is -4.90. The summed E-state index contributed by atoms with van der Waals surface area (Å²) in [7, 11) is 3.53. The average Bonchev–Trinajstić information content (AvgIpc) is 3.69. The van der Waals surface area contributed by atoms with Crippen LogP contribution in [0.15, 0.2) is 60.7 Å². The molecule has 3 aromatic carbocycles. The second-order valence-electron chi connectivity index (χ2n) is 9.85. The van der Waals surface area contributed by atoms with E-state index < -0.39 is 11.9 Å². The number of hydrogen-bond acceptors (Lipinski definition) is 9. The zero-order valence-corrected chi connectivity index (χ0v) is 25.1. The summed E-state index contributed by atoms with van der Waals surface area (Å²) in [6, 6.07) is 19.3. The highest BCUT2D eigenvalue weighted by Gasteiger charge is 2.31. The van der Waals surface area contributed by atoms with Gasteiger partial charge in [-0.3, -0.25) is 0 Å². The first-order valence-corrected chi connectivity index (χ1v) is 14.6. The van der Waals surface area contributed by atoms with Crippen LogP contribution in [0, 0.1) is 0 Å². The maximum absolute atomic E-state index is 13.9. The van der Waals surface area contributed by atoms with Crippen LogP contribution in [0.25, 0.3) is 44.1 Å². The number of benzene rings is 3. The summed E-state index contributed by atoms with van der Waals surface area (Å²) in [4.78, 5) is 26.2. The number of methoxy groups -OCH3 is 1. The van der Waals surface area contributed by atoms with E-state index in [1.54, 1.807) is 33.1 Å². The minimum Gasteiger partial charge on any atom is -0.497 e. The van der Waals surface area contributed by atoms with Crippen molar-refractivity contribution in [1.29, 1.82) is 0 Å². The molecule has 3 aromatic heterocycles. The Morgan fingerprint density at radius 1 is 0.907 bits per heavy atom. The van der Waals surface area contributed by atoms with E-state index in [4.69, 9.17) is 18.9 Å². The minimum absolute atomic E-state index is 0.200. The summed E-state index contributed by atoms with van der Waals surface area (Å²) < 4.78 is 35.1. The van der Waals surface area contributed by atoms with Gasteiger partial charge in [-0.1, -0.05) is 24.3 Å². The van der Waals surface area contributed by atoms with Crippen molar-refractivity contribution in [2.75, 3.05) is 26.9 Å². The maximum Gasteiger partial charge on any atom is 0.355 e. The number of esters is 2. The molecule has 0 N–H and O–H groups in total. The molecular formula is C32H30N4O6S. The fourth-order valence-corrected chi connectivity index (χ4v) is 6.04. The predicted molar refractivity (Wildman–Crippen MR) is 165 cm³/mol. The molecule has 0 unspecified atom stereocenters. The number of rotatable bonds is 10. The van der Waals surface area contributed by atoms with Crippen molar-refractivity contribution in [3.8, 4) is 22.6 Å². The third kappa shape index (κ3) is 5.05. The van der Waals surface area contributed by atoms with E-state index in [2.05, 4.69) is 13.3 Å². The van der Waals surface area contributed by atoms with Gasteiger partial charge < -0.3 is 28.1 Å². The van der Waals surface area contributed by atoms with E-state index in [0.717, 1.165) is 50.3 Å².